The second-order valence-electron chi connectivity index (χ2n) is 3.65. The lowest BCUT2D eigenvalue weighted by Crippen LogP contribution is -1.92. The molecule has 0 amide bonds. The fraction of sp³-hybridized carbons (Fsp3) is 0.357. The van der Waals surface area contributed by atoms with Crippen LogP contribution < -0.4 is 4.74 Å². The van der Waals surface area contributed by atoms with Crippen LogP contribution in [-0.2, 0) is 4.79 Å². The van der Waals surface area contributed by atoms with Crippen molar-refractivity contribution in [3.63, 3.8) is 0 Å². The number of hydrogen-bond acceptors (Lipinski definition) is 2. The molecule has 0 aliphatic carbocycles. The number of rotatable bonds is 6. The van der Waals surface area contributed by atoms with Crippen LogP contribution >= 0.6 is 0 Å². The Morgan fingerprint density at radius 1 is 1.38 bits per heavy atom. The van der Waals surface area contributed by atoms with Gasteiger partial charge in [0.15, 0.2) is 5.78 Å². The Balaban J connectivity index is 2.64. The van der Waals surface area contributed by atoms with E-state index in [1.54, 1.807) is 13.2 Å². The third-order valence-corrected chi connectivity index (χ3v) is 2.36. The summed E-state index contributed by atoms with van der Waals surface area (Å²) in [6.07, 6.45) is 6.08. The summed E-state index contributed by atoms with van der Waals surface area (Å²) < 4.78 is 5.20. The summed E-state index contributed by atoms with van der Waals surface area (Å²) in [7, 11) is 1.63. The van der Waals surface area contributed by atoms with Gasteiger partial charge >= 0.3 is 0 Å². The molecule has 0 bridgehead atoms. The number of methoxy groups -OCH3 is 1. The lowest BCUT2D eigenvalue weighted by Gasteiger charge is -2.02. The van der Waals surface area contributed by atoms with Crippen molar-refractivity contribution >= 4 is 11.9 Å². The lowest BCUT2D eigenvalue weighted by atomic mass is 10.1. The zero-order valence-corrected chi connectivity index (χ0v) is 9.90. The second kappa shape index (κ2) is 6.83. The zero-order chi connectivity index (χ0) is 11.8. The van der Waals surface area contributed by atoms with Gasteiger partial charge in [0.05, 0.1) is 7.11 Å². The van der Waals surface area contributed by atoms with E-state index >= 15 is 0 Å². The van der Waals surface area contributed by atoms with Crippen molar-refractivity contribution in [2.45, 2.75) is 26.2 Å². The van der Waals surface area contributed by atoms with Gasteiger partial charge in [-0.3, -0.25) is 4.79 Å². The molecular weight excluding hydrogens is 200 g/mol. The molecule has 0 aromatic heterocycles. The fourth-order valence-corrected chi connectivity index (χ4v) is 1.42. The molecule has 2 nitrogen and oxygen atoms in total. The summed E-state index contributed by atoms with van der Waals surface area (Å²) in [4.78, 5) is 11.4. The predicted octanol–water partition coefficient (Wildman–Crippen LogP) is 3.47. The average Bonchev–Trinajstić information content (AvgIpc) is 2.34. The van der Waals surface area contributed by atoms with E-state index in [-0.39, 0.29) is 5.78 Å². The van der Waals surface area contributed by atoms with Crippen molar-refractivity contribution in [2.75, 3.05) is 7.11 Å². The summed E-state index contributed by atoms with van der Waals surface area (Å²) in [6, 6.07) is 7.66. The van der Waals surface area contributed by atoms with E-state index in [1.807, 2.05) is 30.3 Å². The van der Waals surface area contributed by atoms with Gasteiger partial charge in [0.2, 0.25) is 0 Å². The first-order valence-corrected chi connectivity index (χ1v) is 5.62. The largest absolute Gasteiger partial charge is 0.496 e. The van der Waals surface area contributed by atoms with Crippen molar-refractivity contribution in [2.24, 2.45) is 0 Å². The number of allylic oxidation sites excluding steroid dienone is 1. The van der Waals surface area contributed by atoms with Gasteiger partial charge in [-0.25, -0.2) is 0 Å². The van der Waals surface area contributed by atoms with Gasteiger partial charge in [-0.05, 0) is 24.6 Å². The molecule has 0 atom stereocenters. The molecule has 0 fully saturated rings. The standard InChI is InChI=1S/C14H18O2/c1-3-4-8-13(15)11-10-12-7-5-6-9-14(12)16-2/h5-7,9-11H,3-4,8H2,1-2H3/b11-10+. The number of ether oxygens (including phenoxy) is 1. The maximum atomic E-state index is 11.4. The number of carbonyl (C=O) groups excluding carboxylic acids is 1. The van der Waals surface area contributed by atoms with Gasteiger partial charge < -0.3 is 4.74 Å². The minimum Gasteiger partial charge on any atom is -0.496 e. The predicted molar refractivity (Wildman–Crippen MR) is 66.6 cm³/mol. The van der Waals surface area contributed by atoms with Crippen LogP contribution in [0.3, 0.4) is 0 Å². The van der Waals surface area contributed by atoms with Crippen LogP contribution in [0.25, 0.3) is 6.08 Å². The molecule has 0 saturated carbocycles. The number of para-hydroxylation sites is 1. The van der Waals surface area contributed by atoms with Crippen LogP contribution in [0.4, 0.5) is 0 Å². The quantitative estimate of drug-likeness (QED) is 0.683. The first-order chi connectivity index (χ1) is 7.77. The van der Waals surface area contributed by atoms with Crippen LogP contribution in [0.1, 0.15) is 31.7 Å². The highest BCUT2D eigenvalue weighted by Crippen LogP contribution is 2.18. The van der Waals surface area contributed by atoms with Crippen LogP contribution in [0.5, 0.6) is 5.75 Å². The molecule has 0 aliphatic rings. The van der Waals surface area contributed by atoms with E-state index in [2.05, 4.69) is 6.92 Å². The third kappa shape index (κ3) is 3.89. The van der Waals surface area contributed by atoms with Crippen molar-refractivity contribution in [3.8, 4) is 5.75 Å². The monoisotopic (exact) mass is 218 g/mol. The lowest BCUT2D eigenvalue weighted by molar-refractivity contribution is -0.114. The molecule has 0 spiro atoms. The molecule has 1 aromatic carbocycles. The molecule has 0 radical (unpaired) electrons. The number of hydrogen-bond donors (Lipinski definition) is 0. The smallest absolute Gasteiger partial charge is 0.155 e. The highest BCUT2D eigenvalue weighted by atomic mass is 16.5. The van der Waals surface area contributed by atoms with E-state index in [0.29, 0.717) is 6.42 Å². The average molecular weight is 218 g/mol. The summed E-state index contributed by atoms with van der Waals surface area (Å²) >= 11 is 0. The molecular formula is C14H18O2. The van der Waals surface area contributed by atoms with Crippen LogP contribution in [-0.4, -0.2) is 12.9 Å². The Morgan fingerprint density at radius 3 is 2.81 bits per heavy atom. The first kappa shape index (κ1) is 12.5. The number of unbranched alkanes of at least 4 members (excludes halogenated alkanes) is 1. The third-order valence-electron chi connectivity index (χ3n) is 2.36. The topological polar surface area (TPSA) is 26.3 Å². The summed E-state index contributed by atoms with van der Waals surface area (Å²) in [5, 5.41) is 0. The molecule has 16 heavy (non-hydrogen) atoms. The van der Waals surface area contributed by atoms with E-state index in [0.717, 1.165) is 24.2 Å². The highest BCUT2D eigenvalue weighted by Gasteiger charge is 1.99. The van der Waals surface area contributed by atoms with Crippen molar-refractivity contribution in [1.29, 1.82) is 0 Å². The molecule has 0 saturated heterocycles. The van der Waals surface area contributed by atoms with Gasteiger partial charge in [0, 0.05) is 12.0 Å². The zero-order valence-electron chi connectivity index (χ0n) is 9.90. The molecule has 0 heterocycles. The van der Waals surface area contributed by atoms with Crippen LogP contribution in [0.15, 0.2) is 30.3 Å². The molecule has 2 heteroatoms. The Morgan fingerprint density at radius 2 is 2.12 bits per heavy atom. The molecule has 1 aromatic rings. The maximum Gasteiger partial charge on any atom is 0.155 e. The van der Waals surface area contributed by atoms with Gasteiger partial charge in [0.25, 0.3) is 0 Å². The van der Waals surface area contributed by atoms with Gasteiger partial charge in [-0.15, -0.1) is 0 Å². The fourth-order valence-electron chi connectivity index (χ4n) is 1.42. The Labute approximate surface area is 96.9 Å². The molecule has 0 aliphatic heterocycles. The van der Waals surface area contributed by atoms with Crippen molar-refractivity contribution in [3.05, 3.63) is 35.9 Å². The van der Waals surface area contributed by atoms with Crippen molar-refractivity contribution < 1.29 is 9.53 Å². The van der Waals surface area contributed by atoms with Crippen LogP contribution in [0, 0.1) is 0 Å². The minimum atomic E-state index is 0.174. The second-order valence-corrected chi connectivity index (χ2v) is 3.65. The van der Waals surface area contributed by atoms with Crippen LogP contribution in [0.2, 0.25) is 0 Å². The van der Waals surface area contributed by atoms with Crippen molar-refractivity contribution in [1.82, 2.24) is 0 Å². The Kier molecular flexibility index (Phi) is 5.34. The van der Waals surface area contributed by atoms with E-state index in [4.69, 9.17) is 4.74 Å². The maximum absolute atomic E-state index is 11.4. The number of ketones is 1. The van der Waals surface area contributed by atoms with E-state index < -0.39 is 0 Å². The van der Waals surface area contributed by atoms with Gasteiger partial charge in [-0.1, -0.05) is 31.5 Å². The first-order valence-electron chi connectivity index (χ1n) is 5.62. The molecule has 0 N–H and O–H groups in total. The van der Waals surface area contributed by atoms with Gasteiger partial charge in [0.1, 0.15) is 5.75 Å². The molecule has 86 valence electrons. The normalized spacial score (nSPS) is 10.6. The molecule has 0 unspecified atom stereocenters. The summed E-state index contributed by atoms with van der Waals surface area (Å²) in [5.74, 6) is 0.967. The SMILES string of the molecule is CCCCC(=O)/C=C/c1ccccc1OC. The van der Waals surface area contributed by atoms with E-state index in [9.17, 15) is 4.79 Å². The Hall–Kier alpha value is -1.57. The molecule has 1 rings (SSSR count). The highest BCUT2D eigenvalue weighted by molar-refractivity contribution is 5.93. The number of carbonyl (C=O) groups is 1. The minimum absolute atomic E-state index is 0.174. The summed E-state index contributed by atoms with van der Waals surface area (Å²) in [5.41, 5.74) is 0.940. The van der Waals surface area contributed by atoms with Gasteiger partial charge in [-0.2, -0.15) is 0 Å². The Bertz CT molecular complexity index is 367. The summed E-state index contributed by atoms with van der Waals surface area (Å²) in [6.45, 7) is 2.08. The number of benzene rings is 1. The van der Waals surface area contributed by atoms with E-state index in [1.165, 1.54) is 0 Å².